The molecule has 3 aromatic rings. The normalized spacial score (nSPS) is 10.8. The number of rotatable bonds is 7. The summed E-state index contributed by atoms with van der Waals surface area (Å²) in [6, 6.07) is 22.3. The van der Waals surface area contributed by atoms with Crippen LogP contribution in [0.5, 0.6) is 5.75 Å². The van der Waals surface area contributed by atoms with Crippen molar-refractivity contribution in [2.24, 2.45) is 0 Å². The average Bonchev–Trinajstić information content (AvgIpc) is 2.78. The van der Waals surface area contributed by atoms with Crippen LogP contribution in [0.25, 0.3) is 11.6 Å². The number of hydrogen-bond acceptors (Lipinski definition) is 5. The van der Waals surface area contributed by atoms with E-state index in [-0.39, 0.29) is 18.2 Å². The van der Waals surface area contributed by atoms with Crippen LogP contribution in [0.2, 0.25) is 0 Å². The first-order valence-electron chi connectivity index (χ1n) is 9.41. The molecule has 0 bridgehead atoms. The van der Waals surface area contributed by atoms with Crippen molar-refractivity contribution in [3.8, 4) is 11.8 Å². The number of benzene rings is 3. The highest BCUT2D eigenvalue weighted by Crippen LogP contribution is 2.25. The molecule has 1 amide bonds. The highest BCUT2D eigenvalue weighted by molar-refractivity contribution is 5.92. The number of anilines is 1. The highest BCUT2D eigenvalue weighted by Gasteiger charge is 2.10. The molecular weight excluding hydrogens is 394 g/mol. The fraction of sp³-hybridized carbons (Fsp3) is 0.0833. The van der Waals surface area contributed by atoms with Crippen LogP contribution in [0, 0.1) is 28.4 Å². The molecule has 0 atom stereocenters. The van der Waals surface area contributed by atoms with Crippen LogP contribution >= 0.6 is 0 Å². The number of nitrogens with zero attached hydrogens (tertiary/aromatic N) is 2. The van der Waals surface area contributed by atoms with Crippen LogP contribution in [-0.4, -0.2) is 17.4 Å². The van der Waals surface area contributed by atoms with Gasteiger partial charge >= 0.3 is 0 Å². The zero-order chi connectivity index (χ0) is 22.2. The number of nitrogens with one attached hydrogen (secondary N) is 1. The van der Waals surface area contributed by atoms with Gasteiger partial charge in [0, 0.05) is 23.4 Å². The molecule has 3 rings (SSSR count). The molecule has 0 saturated heterocycles. The van der Waals surface area contributed by atoms with E-state index in [9.17, 15) is 20.2 Å². The molecule has 0 heterocycles. The summed E-state index contributed by atoms with van der Waals surface area (Å²) in [5.41, 5.74) is 3.19. The molecule has 0 aromatic heterocycles. The average molecular weight is 413 g/mol. The predicted octanol–water partition coefficient (Wildman–Crippen LogP) is 4.98. The van der Waals surface area contributed by atoms with Crippen LogP contribution in [0.1, 0.15) is 16.7 Å². The summed E-state index contributed by atoms with van der Waals surface area (Å²) in [7, 11) is 0. The summed E-state index contributed by atoms with van der Waals surface area (Å²) in [6.07, 6.45) is 1.62. The molecule has 0 aliphatic heterocycles. The summed E-state index contributed by atoms with van der Waals surface area (Å²) >= 11 is 0. The van der Waals surface area contributed by atoms with E-state index < -0.39 is 4.92 Å². The Labute approximate surface area is 179 Å². The predicted molar refractivity (Wildman–Crippen MR) is 118 cm³/mol. The molecule has 31 heavy (non-hydrogen) atoms. The van der Waals surface area contributed by atoms with Crippen LogP contribution in [-0.2, 0) is 4.79 Å². The fourth-order valence-electron chi connectivity index (χ4n) is 2.81. The van der Waals surface area contributed by atoms with Gasteiger partial charge in [-0.2, -0.15) is 5.26 Å². The SMILES string of the molecule is Cc1ccc(NC(=O)COc2ccccc2/C=C(\C#N)c2ccc([N+](=O)[O-])cc2)cc1. The van der Waals surface area contributed by atoms with Gasteiger partial charge in [-0.05, 0) is 48.9 Å². The van der Waals surface area contributed by atoms with Gasteiger partial charge < -0.3 is 10.1 Å². The van der Waals surface area contributed by atoms with E-state index in [4.69, 9.17) is 4.74 Å². The first-order chi connectivity index (χ1) is 15.0. The molecular formula is C24H19N3O4. The molecule has 7 heteroatoms. The van der Waals surface area contributed by atoms with Crippen molar-refractivity contribution >= 4 is 28.9 Å². The largest absolute Gasteiger partial charge is 0.483 e. The van der Waals surface area contributed by atoms with E-state index in [0.29, 0.717) is 28.1 Å². The Morgan fingerprint density at radius 3 is 2.42 bits per heavy atom. The lowest BCUT2D eigenvalue weighted by atomic mass is 10.0. The Kier molecular flexibility index (Phi) is 6.76. The smallest absolute Gasteiger partial charge is 0.269 e. The number of carbonyl (C=O) groups excluding carboxylic acids is 1. The van der Waals surface area contributed by atoms with Gasteiger partial charge in [0.05, 0.1) is 16.6 Å². The molecule has 1 N–H and O–H groups in total. The zero-order valence-electron chi connectivity index (χ0n) is 16.7. The van der Waals surface area contributed by atoms with Crippen LogP contribution in [0.3, 0.4) is 0 Å². The molecule has 0 aliphatic rings. The van der Waals surface area contributed by atoms with Crippen molar-refractivity contribution < 1.29 is 14.5 Å². The van der Waals surface area contributed by atoms with E-state index in [1.165, 1.54) is 24.3 Å². The van der Waals surface area contributed by atoms with E-state index in [2.05, 4.69) is 11.4 Å². The first-order valence-corrected chi connectivity index (χ1v) is 9.41. The van der Waals surface area contributed by atoms with Gasteiger partial charge in [-0.25, -0.2) is 0 Å². The maximum absolute atomic E-state index is 12.2. The number of carbonyl (C=O) groups is 1. The minimum atomic E-state index is -0.496. The third kappa shape index (κ3) is 5.78. The van der Waals surface area contributed by atoms with Crippen molar-refractivity contribution in [3.05, 3.63) is 99.6 Å². The van der Waals surface area contributed by atoms with Crippen LogP contribution in [0.15, 0.2) is 72.8 Å². The second-order valence-corrected chi connectivity index (χ2v) is 6.71. The van der Waals surface area contributed by atoms with E-state index >= 15 is 0 Å². The molecule has 0 radical (unpaired) electrons. The summed E-state index contributed by atoms with van der Waals surface area (Å²) in [4.78, 5) is 22.5. The van der Waals surface area contributed by atoms with Crippen molar-refractivity contribution in [1.29, 1.82) is 5.26 Å². The van der Waals surface area contributed by atoms with Crippen molar-refractivity contribution in [1.82, 2.24) is 0 Å². The lowest BCUT2D eigenvalue weighted by Gasteiger charge is -2.10. The minimum Gasteiger partial charge on any atom is -0.483 e. The Morgan fingerprint density at radius 1 is 1.10 bits per heavy atom. The number of hydrogen-bond donors (Lipinski definition) is 1. The lowest BCUT2D eigenvalue weighted by molar-refractivity contribution is -0.384. The third-order valence-electron chi connectivity index (χ3n) is 4.42. The number of allylic oxidation sites excluding steroid dienone is 1. The zero-order valence-corrected chi connectivity index (χ0v) is 16.7. The number of ether oxygens (including phenoxy) is 1. The van der Waals surface area contributed by atoms with Gasteiger partial charge in [0.1, 0.15) is 5.75 Å². The number of nitro benzene ring substituents is 1. The monoisotopic (exact) mass is 413 g/mol. The maximum atomic E-state index is 12.2. The molecule has 154 valence electrons. The fourth-order valence-corrected chi connectivity index (χ4v) is 2.81. The number of nitriles is 1. The second kappa shape index (κ2) is 9.85. The van der Waals surface area contributed by atoms with E-state index in [0.717, 1.165) is 5.56 Å². The lowest BCUT2D eigenvalue weighted by Crippen LogP contribution is -2.20. The molecule has 3 aromatic carbocycles. The van der Waals surface area contributed by atoms with Gasteiger partial charge in [0.25, 0.3) is 11.6 Å². The van der Waals surface area contributed by atoms with Gasteiger partial charge in [0.2, 0.25) is 0 Å². The topological polar surface area (TPSA) is 105 Å². The summed E-state index contributed by atoms with van der Waals surface area (Å²) in [5, 5.41) is 23.1. The summed E-state index contributed by atoms with van der Waals surface area (Å²) in [5.74, 6) is 0.134. The van der Waals surface area contributed by atoms with E-state index in [1.54, 1.807) is 30.3 Å². The molecule has 0 spiro atoms. The summed E-state index contributed by atoms with van der Waals surface area (Å²) in [6.45, 7) is 1.77. The third-order valence-corrected chi connectivity index (χ3v) is 4.42. The Hall–Kier alpha value is -4.44. The van der Waals surface area contributed by atoms with Gasteiger partial charge in [-0.3, -0.25) is 14.9 Å². The molecule has 0 unspecified atom stereocenters. The second-order valence-electron chi connectivity index (χ2n) is 6.71. The van der Waals surface area contributed by atoms with Crippen molar-refractivity contribution in [3.63, 3.8) is 0 Å². The number of aryl methyl sites for hydroxylation is 1. The van der Waals surface area contributed by atoms with Gasteiger partial charge in [0.15, 0.2) is 6.61 Å². The van der Waals surface area contributed by atoms with Gasteiger partial charge in [-0.1, -0.05) is 35.9 Å². The Balaban J connectivity index is 1.74. The van der Waals surface area contributed by atoms with Gasteiger partial charge in [-0.15, -0.1) is 0 Å². The number of amides is 1. The minimum absolute atomic E-state index is 0.0515. The Bertz CT molecular complexity index is 1160. The van der Waals surface area contributed by atoms with E-state index in [1.807, 2.05) is 31.2 Å². The molecule has 0 fully saturated rings. The first kappa shape index (κ1) is 21.3. The van der Waals surface area contributed by atoms with Crippen molar-refractivity contribution in [2.45, 2.75) is 6.92 Å². The number of nitro groups is 1. The quantitative estimate of drug-likeness (QED) is 0.254. The standard InChI is InChI=1S/C24H19N3O4/c1-17-6-10-21(11-7-17)26-24(28)16-31-23-5-3-2-4-19(23)14-20(15-25)18-8-12-22(13-9-18)27(29)30/h2-14H,16H2,1H3,(H,26,28)/b20-14+. The van der Waals surface area contributed by atoms with Crippen LogP contribution in [0.4, 0.5) is 11.4 Å². The maximum Gasteiger partial charge on any atom is 0.269 e. The molecule has 0 saturated carbocycles. The van der Waals surface area contributed by atoms with Crippen LogP contribution < -0.4 is 10.1 Å². The highest BCUT2D eigenvalue weighted by atomic mass is 16.6. The van der Waals surface area contributed by atoms with Crippen molar-refractivity contribution in [2.75, 3.05) is 11.9 Å². The Morgan fingerprint density at radius 2 is 1.77 bits per heavy atom. The number of para-hydroxylation sites is 1. The summed E-state index contributed by atoms with van der Waals surface area (Å²) < 4.78 is 5.67. The molecule has 7 nitrogen and oxygen atoms in total. The molecule has 0 aliphatic carbocycles. The number of non-ortho nitro benzene ring substituents is 1.